The molecular formula is C21H44F3NO8S2Si3. The molecule has 0 bridgehead atoms. The van der Waals surface area contributed by atoms with Crippen molar-refractivity contribution >= 4 is 52.7 Å². The summed E-state index contributed by atoms with van der Waals surface area (Å²) in [5.41, 5.74) is -0.703. The quantitative estimate of drug-likeness (QED) is 0.248. The van der Waals surface area contributed by atoms with Gasteiger partial charge in [0.1, 0.15) is 29.9 Å². The van der Waals surface area contributed by atoms with Gasteiger partial charge in [-0.15, -0.1) is 11.8 Å². The smallest absolute Gasteiger partial charge is 0.409 e. The summed E-state index contributed by atoms with van der Waals surface area (Å²) in [7, 11) is -11.0. The van der Waals surface area contributed by atoms with E-state index >= 15 is 0 Å². The monoisotopic (exact) mass is 643 g/mol. The van der Waals surface area contributed by atoms with E-state index < -0.39 is 89.2 Å². The lowest BCUT2D eigenvalue weighted by molar-refractivity contribution is -0.200. The second-order valence-electron chi connectivity index (χ2n) is 12.3. The number of hydrogen-bond acceptors (Lipinski definition) is 9. The van der Waals surface area contributed by atoms with Crippen molar-refractivity contribution in [3.8, 4) is 0 Å². The van der Waals surface area contributed by atoms with E-state index in [0.717, 1.165) is 6.26 Å². The molecule has 0 saturated carbocycles. The molecule has 7 atom stereocenters. The maximum Gasteiger partial charge on any atom is 0.471 e. The largest absolute Gasteiger partial charge is 0.471 e. The fraction of sp³-hybridized carbons (Fsp3) is 0.952. The Balaban J connectivity index is 3.81. The molecule has 0 spiro atoms. The summed E-state index contributed by atoms with van der Waals surface area (Å²) in [5.74, 6) is -2.24. The highest BCUT2D eigenvalue weighted by Gasteiger charge is 2.55. The lowest BCUT2D eigenvalue weighted by Crippen LogP contribution is -2.70. The third-order valence-electron chi connectivity index (χ3n) is 4.97. The molecule has 9 nitrogen and oxygen atoms in total. The maximum atomic E-state index is 13.4. The van der Waals surface area contributed by atoms with Gasteiger partial charge in [-0.25, -0.2) is 0 Å². The number of halogens is 3. The second kappa shape index (κ2) is 12.9. The minimum Gasteiger partial charge on any atom is -0.409 e. The van der Waals surface area contributed by atoms with Crippen molar-refractivity contribution in [2.45, 2.75) is 114 Å². The van der Waals surface area contributed by atoms with Gasteiger partial charge in [-0.2, -0.15) is 21.6 Å². The zero-order chi connectivity index (χ0) is 30.1. The van der Waals surface area contributed by atoms with Gasteiger partial charge in [0, 0.05) is 0 Å². The molecule has 0 aromatic heterocycles. The van der Waals surface area contributed by atoms with Crippen LogP contribution in [0.3, 0.4) is 0 Å². The highest BCUT2D eigenvalue weighted by molar-refractivity contribution is 7.99. The third kappa shape index (κ3) is 12.3. The SMILES string of the molecule is CSC1OC([C@H](NC(=O)C(F)(F)F)[C@@H](C)OS(C)(=O)=O)C(O[Si](C)(C)C)C(O[Si](C)(C)C)C1O[Si](C)(C)C. The first kappa shape index (κ1) is 36.0. The maximum absolute atomic E-state index is 13.4. The zero-order valence-electron chi connectivity index (χ0n) is 24.3. The van der Waals surface area contributed by atoms with Crippen molar-refractivity contribution in [1.82, 2.24) is 5.32 Å². The van der Waals surface area contributed by atoms with Crippen LogP contribution in [-0.4, -0.2) is 100.0 Å². The van der Waals surface area contributed by atoms with Crippen molar-refractivity contribution in [3.63, 3.8) is 0 Å². The van der Waals surface area contributed by atoms with Crippen molar-refractivity contribution in [2.75, 3.05) is 12.5 Å². The number of hydrogen-bond donors (Lipinski definition) is 1. The van der Waals surface area contributed by atoms with Crippen LogP contribution in [0.15, 0.2) is 0 Å². The Morgan fingerprint density at radius 2 is 1.32 bits per heavy atom. The summed E-state index contributed by atoms with van der Waals surface area (Å²) in [5, 5.41) is 1.93. The lowest BCUT2D eigenvalue weighted by atomic mass is 9.92. The Bertz CT molecular complexity index is 907. The first-order valence-corrected chi connectivity index (χ1v) is 25.5. The molecule has 1 aliphatic rings. The average Bonchev–Trinajstić information content (AvgIpc) is 2.63. The highest BCUT2D eigenvalue weighted by Crippen LogP contribution is 2.38. The number of alkyl halides is 3. The number of carbonyl (C=O) groups is 1. The van der Waals surface area contributed by atoms with E-state index in [9.17, 15) is 26.4 Å². The summed E-state index contributed by atoms with van der Waals surface area (Å²) in [4.78, 5) is 12.1. The van der Waals surface area contributed by atoms with Crippen molar-refractivity contribution in [3.05, 3.63) is 0 Å². The van der Waals surface area contributed by atoms with Crippen LogP contribution in [0.25, 0.3) is 0 Å². The molecule has 1 fully saturated rings. The molecule has 0 aromatic carbocycles. The van der Waals surface area contributed by atoms with Crippen molar-refractivity contribution in [1.29, 1.82) is 0 Å². The molecule has 38 heavy (non-hydrogen) atoms. The first-order chi connectivity index (χ1) is 16.7. The van der Waals surface area contributed by atoms with E-state index in [2.05, 4.69) is 0 Å². The Hall–Kier alpha value is 0.0106. The highest BCUT2D eigenvalue weighted by atomic mass is 32.2. The van der Waals surface area contributed by atoms with Crippen molar-refractivity contribution < 1.29 is 48.6 Å². The summed E-state index contributed by atoms with van der Waals surface area (Å²) < 4.78 is 95.0. The van der Waals surface area contributed by atoms with Crippen LogP contribution in [0, 0.1) is 0 Å². The minimum atomic E-state index is -5.22. The summed E-state index contributed by atoms with van der Waals surface area (Å²) in [6.45, 7) is 18.9. The Labute approximate surface area is 232 Å². The molecule has 17 heteroatoms. The molecule has 0 radical (unpaired) electrons. The Morgan fingerprint density at radius 1 is 0.895 bits per heavy atom. The van der Waals surface area contributed by atoms with Gasteiger partial charge in [0.25, 0.3) is 10.1 Å². The van der Waals surface area contributed by atoms with Crippen LogP contribution in [0.4, 0.5) is 13.2 Å². The molecule has 1 rings (SSSR count). The summed E-state index contributed by atoms with van der Waals surface area (Å²) in [6, 6.07) is -1.55. The van der Waals surface area contributed by atoms with Gasteiger partial charge < -0.3 is 23.3 Å². The van der Waals surface area contributed by atoms with Gasteiger partial charge in [0.15, 0.2) is 25.0 Å². The van der Waals surface area contributed by atoms with Crippen LogP contribution in [0.2, 0.25) is 58.9 Å². The molecule has 0 aromatic rings. The van der Waals surface area contributed by atoms with E-state index in [4.69, 9.17) is 22.2 Å². The number of ether oxygens (including phenoxy) is 1. The average molecular weight is 644 g/mol. The standard InChI is InChI=1S/C21H44F3NO8S2Si3/c1-13(30-35(3,27)28)14(25-20(26)21(22,23)24)15-16(31-36(4,5)6)17(32-37(7,8)9)18(19(29-15)34-2)33-38(10,11)12/h13-19H,1-12H3,(H,25,26)/t13-,14-,15?,16?,17?,18?,19?/m1/s1. The van der Waals surface area contributed by atoms with Crippen LogP contribution in [0.5, 0.6) is 0 Å². The van der Waals surface area contributed by atoms with E-state index in [1.807, 2.05) is 64.2 Å². The molecule has 1 saturated heterocycles. The van der Waals surface area contributed by atoms with E-state index in [-0.39, 0.29) is 0 Å². The van der Waals surface area contributed by atoms with Gasteiger partial charge in [0.2, 0.25) is 0 Å². The van der Waals surface area contributed by atoms with Crippen LogP contribution < -0.4 is 5.32 Å². The summed E-state index contributed by atoms with van der Waals surface area (Å²) >= 11 is 1.29. The predicted molar refractivity (Wildman–Crippen MR) is 150 cm³/mol. The van der Waals surface area contributed by atoms with Crippen LogP contribution >= 0.6 is 11.8 Å². The number of amides is 1. The normalized spacial score (nSPS) is 27.6. The van der Waals surface area contributed by atoms with Gasteiger partial charge in [-0.1, -0.05) is 0 Å². The molecule has 1 heterocycles. The van der Waals surface area contributed by atoms with E-state index in [0.29, 0.717) is 0 Å². The first-order valence-electron chi connectivity index (χ1n) is 12.2. The Kier molecular flexibility index (Phi) is 12.2. The third-order valence-corrected chi connectivity index (χ3v) is 9.41. The molecule has 226 valence electrons. The van der Waals surface area contributed by atoms with Gasteiger partial charge >= 0.3 is 12.1 Å². The molecule has 0 aliphatic carbocycles. The molecule has 5 unspecified atom stereocenters. The second-order valence-corrected chi connectivity index (χ2v) is 28.2. The molecule has 1 amide bonds. The number of thioether (sulfide) groups is 1. The predicted octanol–water partition coefficient (Wildman–Crippen LogP) is 4.15. The van der Waals surface area contributed by atoms with Crippen LogP contribution in [-0.2, 0) is 37.1 Å². The van der Waals surface area contributed by atoms with E-state index in [1.165, 1.54) is 18.7 Å². The molecule has 1 N–H and O–H groups in total. The fourth-order valence-electron chi connectivity index (χ4n) is 3.97. The fourth-order valence-corrected chi connectivity index (χ4v) is 8.70. The number of carbonyl (C=O) groups excluding carboxylic acids is 1. The lowest BCUT2D eigenvalue weighted by Gasteiger charge is -2.52. The zero-order valence-corrected chi connectivity index (χ0v) is 28.9. The van der Waals surface area contributed by atoms with Crippen molar-refractivity contribution in [2.24, 2.45) is 0 Å². The van der Waals surface area contributed by atoms with Gasteiger partial charge in [0.05, 0.1) is 18.4 Å². The topological polar surface area (TPSA) is 109 Å². The summed E-state index contributed by atoms with van der Waals surface area (Å²) in [6.07, 6.45) is -7.69. The molecular weight excluding hydrogens is 600 g/mol. The molecule has 1 aliphatic heterocycles. The number of nitrogens with one attached hydrogen (secondary N) is 1. The van der Waals surface area contributed by atoms with Crippen LogP contribution in [0.1, 0.15) is 6.92 Å². The van der Waals surface area contributed by atoms with Gasteiger partial charge in [-0.3, -0.25) is 8.98 Å². The number of rotatable bonds is 12. The van der Waals surface area contributed by atoms with Gasteiger partial charge in [-0.05, 0) is 72.1 Å². The minimum absolute atomic E-state index is 0.619. The Morgan fingerprint density at radius 3 is 1.68 bits per heavy atom. The van der Waals surface area contributed by atoms with E-state index in [1.54, 1.807) is 6.26 Å².